The Morgan fingerprint density at radius 1 is 1.04 bits per heavy atom. The number of rotatable bonds is 4. The highest BCUT2D eigenvalue weighted by Gasteiger charge is 2.38. The lowest BCUT2D eigenvalue weighted by atomic mass is 9.91. The second kappa shape index (κ2) is 12.3. The molecule has 46 heavy (non-hydrogen) atoms. The molecule has 4 aromatic rings. The third kappa shape index (κ3) is 6.04. The van der Waals surface area contributed by atoms with E-state index in [1.54, 1.807) is 31.2 Å². The van der Waals surface area contributed by atoms with Gasteiger partial charge in [-0.25, -0.2) is 8.78 Å². The van der Waals surface area contributed by atoms with E-state index in [0.29, 0.717) is 39.3 Å². The van der Waals surface area contributed by atoms with Crippen LogP contribution in [0.3, 0.4) is 0 Å². The van der Waals surface area contributed by atoms with Gasteiger partial charge in [0.05, 0.1) is 19.6 Å². The summed E-state index contributed by atoms with van der Waals surface area (Å²) in [5, 5.41) is 12.2. The Labute approximate surface area is 259 Å². The SMILES string of the molecule is COc1c(C(F)(F)F)ccn([C@@H]2C(=O)N[C@@H](CC(=O)O)c3cc(cc(C)c3F)-c3c(C)cccc3OCc3ccc(F)c2c3)c1=O. The van der Waals surface area contributed by atoms with E-state index in [9.17, 15) is 32.7 Å². The number of hydrogen-bond donors (Lipinski definition) is 2. The summed E-state index contributed by atoms with van der Waals surface area (Å²) >= 11 is 0. The fourth-order valence-electron chi connectivity index (χ4n) is 5.62. The molecular formula is C33H27F5N2O6. The van der Waals surface area contributed by atoms with Crippen molar-refractivity contribution in [3.63, 3.8) is 0 Å². The maximum absolute atomic E-state index is 15.8. The van der Waals surface area contributed by atoms with Gasteiger partial charge in [0.25, 0.3) is 5.56 Å². The van der Waals surface area contributed by atoms with Crippen LogP contribution >= 0.6 is 0 Å². The number of aryl methyl sites for hydroxylation is 2. The molecule has 240 valence electrons. The number of carboxylic acids is 1. The molecule has 13 heteroatoms. The fraction of sp³-hybridized carbons (Fsp3) is 0.242. The van der Waals surface area contributed by atoms with Crippen LogP contribution < -0.4 is 20.3 Å². The molecule has 5 rings (SSSR count). The van der Waals surface area contributed by atoms with Crippen LogP contribution in [0, 0.1) is 25.5 Å². The van der Waals surface area contributed by atoms with Crippen LogP contribution in [0.15, 0.2) is 65.6 Å². The van der Waals surface area contributed by atoms with Gasteiger partial charge in [-0.1, -0.05) is 18.2 Å². The molecule has 4 bridgehead atoms. The maximum Gasteiger partial charge on any atom is 0.420 e. The first kappa shape index (κ1) is 32.2. The Balaban J connectivity index is 1.80. The first-order valence-corrected chi connectivity index (χ1v) is 13.9. The van der Waals surface area contributed by atoms with Crippen molar-refractivity contribution in [1.29, 1.82) is 0 Å². The highest BCUT2D eigenvalue weighted by molar-refractivity contribution is 5.85. The molecule has 0 spiro atoms. The highest BCUT2D eigenvalue weighted by atomic mass is 19.4. The fourth-order valence-corrected chi connectivity index (χ4v) is 5.62. The van der Waals surface area contributed by atoms with E-state index in [4.69, 9.17) is 9.47 Å². The standard InChI is InChI=1S/C33H27F5N2O6/c1-16-5-4-6-25-27(16)19-11-17(2)28(35)21(13-19)24(14-26(41)42)39-31(43)29(20-12-18(15-46-25)7-8-23(20)34)40-10-9-22(33(36,37)38)30(45-3)32(40)44/h4-13,24,29H,14-15H2,1-3H3,(H,39,43)(H,41,42)/t24-,29-/m0/s1. The van der Waals surface area contributed by atoms with Crippen molar-refractivity contribution >= 4 is 11.9 Å². The summed E-state index contributed by atoms with van der Waals surface area (Å²) in [6.07, 6.45) is -5.16. The number of carbonyl (C=O) groups excluding carboxylic acids is 1. The molecule has 0 unspecified atom stereocenters. The molecule has 0 saturated heterocycles. The zero-order valence-electron chi connectivity index (χ0n) is 24.7. The molecule has 0 radical (unpaired) electrons. The third-order valence-electron chi connectivity index (χ3n) is 7.74. The van der Waals surface area contributed by atoms with Gasteiger partial charge in [0, 0.05) is 22.9 Å². The van der Waals surface area contributed by atoms with Crippen molar-refractivity contribution in [3.8, 4) is 22.6 Å². The number of aliphatic carboxylic acids is 1. The number of nitrogens with zero attached hydrogens (tertiary/aromatic N) is 1. The number of ether oxygens (including phenoxy) is 2. The topological polar surface area (TPSA) is 107 Å². The van der Waals surface area contributed by atoms with Crippen LogP contribution in [0.25, 0.3) is 11.1 Å². The maximum atomic E-state index is 15.8. The highest BCUT2D eigenvalue weighted by Crippen LogP contribution is 2.39. The van der Waals surface area contributed by atoms with Crippen molar-refractivity contribution in [2.24, 2.45) is 0 Å². The number of methoxy groups -OCH3 is 1. The zero-order valence-corrected chi connectivity index (χ0v) is 24.7. The second-order valence-corrected chi connectivity index (χ2v) is 10.8. The number of benzene rings is 3. The summed E-state index contributed by atoms with van der Waals surface area (Å²) in [5.41, 5.74) is -1.26. The van der Waals surface area contributed by atoms with Gasteiger partial charge in [-0.05, 0) is 72.5 Å². The minimum absolute atomic E-state index is 0.120. The minimum atomic E-state index is -5.00. The summed E-state index contributed by atoms with van der Waals surface area (Å²) in [7, 11) is 0.836. The van der Waals surface area contributed by atoms with E-state index in [-0.39, 0.29) is 17.7 Å². The number of pyridine rings is 1. The summed E-state index contributed by atoms with van der Waals surface area (Å²) in [6.45, 7) is 3.11. The molecule has 0 aliphatic carbocycles. The average Bonchev–Trinajstić information content (AvgIpc) is 2.98. The summed E-state index contributed by atoms with van der Waals surface area (Å²) in [6, 6.07) is 8.69. The molecule has 1 aromatic heterocycles. The van der Waals surface area contributed by atoms with Crippen LogP contribution in [0.2, 0.25) is 0 Å². The van der Waals surface area contributed by atoms with Gasteiger partial charge in [-0.2, -0.15) is 13.2 Å². The van der Waals surface area contributed by atoms with E-state index in [0.717, 1.165) is 18.7 Å². The molecule has 0 saturated carbocycles. The average molecular weight is 643 g/mol. The van der Waals surface area contributed by atoms with Crippen molar-refractivity contribution in [2.45, 2.75) is 45.1 Å². The summed E-state index contributed by atoms with van der Waals surface area (Å²) in [5.74, 6) is -5.21. The predicted molar refractivity (Wildman–Crippen MR) is 156 cm³/mol. The lowest BCUT2D eigenvalue weighted by Crippen LogP contribution is -2.41. The lowest BCUT2D eigenvalue weighted by molar-refractivity contribution is -0.139. The molecule has 1 aliphatic rings. The number of halogens is 5. The molecule has 2 atom stereocenters. The zero-order chi connectivity index (χ0) is 33.5. The van der Waals surface area contributed by atoms with Crippen LogP contribution in [0.5, 0.6) is 11.5 Å². The quantitative estimate of drug-likeness (QED) is 0.255. The van der Waals surface area contributed by atoms with Crippen molar-refractivity contribution in [1.82, 2.24) is 9.88 Å². The number of carbonyl (C=O) groups is 2. The Hall–Kier alpha value is -5.20. The Kier molecular flexibility index (Phi) is 8.61. The van der Waals surface area contributed by atoms with Crippen molar-refractivity contribution in [3.05, 3.63) is 116 Å². The van der Waals surface area contributed by atoms with Crippen LogP contribution in [-0.2, 0) is 22.4 Å². The Bertz CT molecular complexity index is 1920. The monoisotopic (exact) mass is 642 g/mol. The van der Waals surface area contributed by atoms with Gasteiger partial charge < -0.3 is 19.9 Å². The number of aromatic nitrogens is 1. The number of alkyl halides is 3. The second-order valence-electron chi connectivity index (χ2n) is 10.8. The normalized spacial score (nSPS) is 16.5. The molecule has 3 aromatic carbocycles. The van der Waals surface area contributed by atoms with Gasteiger partial charge in [-0.15, -0.1) is 0 Å². The van der Waals surface area contributed by atoms with E-state index < -0.39 is 70.6 Å². The molecule has 0 fully saturated rings. The molecule has 1 aliphatic heterocycles. The van der Waals surface area contributed by atoms with E-state index in [1.165, 1.54) is 25.1 Å². The smallest absolute Gasteiger partial charge is 0.420 e. The third-order valence-corrected chi connectivity index (χ3v) is 7.74. The lowest BCUT2D eigenvalue weighted by Gasteiger charge is -2.27. The first-order valence-electron chi connectivity index (χ1n) is 13.9. The Morgan fingerprint density at radius 3 is 2.46 bits per heavy atom. The van der Waals surface area contributed by atoms with Gasteiger partial charge in [0.15, 0.2) is 5.75 Å². The number of amides is 1. The van der Waals surface area contributed by atoms with Gasteiger partial charge in [-0.3, -0.25) is 19.0 Å². The van der Waals surface area contributed by atoms with Crippen molar-refractivity contribution in [2.75, 3.05) is 7.11 Å². The largest absolute Gasteiger partial charge is 0.491 e. The first-order chi connectivity index (χ1) is 21.7. The van der Waals surface area contributed by atoms with Crippen LogP contribution in [-0.4, -0.2) is 28.7 Å². The van der Waals surface area contributed by atoms with E-state index in [1.807, 2.05) is 0 Å². The predicted octanol–water partition coefficient (Wildman–Crippen LogP) is 6.25. The number of carboxylic acid groups (broad SMARTS) is 1. The molecular weight excluding hydrogens is 615 g/mol. The molecule has 2 N–H and O–H groups in total. The summed E-state index contributed by atoms with van der Waals surface area (Å²) in [4.78, 5) is 39.5. The van der Waals surface area contributed by atoms with Gasteiger partial charge >= 0.3 is 12.1 Å². The van der Waals surface area contributed by atoms with Crippen LogP contribution in [0.4, 0.5) is 22.0 Å². The van der Waals surface area contributed by atoms with E-state index in [2.05, 4.69) is 5.32 Å². The Morgan fingerprint density at radius 2 is 1.78 bits per heavy atom. The van der Waals surface area contributed by atoms with E-state index >= 15 is 8.78 Å². The van der Waals surface area contributed by atoms with Crippen LogP contribution in [0.1, 0.15) is 51.9 Å². The summed E-state index contributed by atoms with van der Waals surface area (Å²) < 4.78 is 83.8. The molecule has 2 heterocycles. The van der Waals surface area contributed by atoms with Crippen molar-refractivity contribution < 1.29 is 46.1 Å². The number of nitrogens with one attached hydrogen (secondary N) is 1. The van der Waals surface area contributed by atoms with Gasteiger partial charge in [0.2, 0.25) is 5.91 Å². The minimum Gasteiger partial charge on any atom is -0.491 e. The van der Waals surface area contributed by atoms with Gasteiger partial charge in [0.1, 0.15) is 35.6 Å². The molecule has 1 amide bonds. The number of fused-ring (bicyclic) bond motifs is 6. The molecule has 8 nitrogen and oxygen atoms in total. The number of hydrogen-bond acceptors (Lipinski definition) is 5.